The second-order valence-corrected chi connectivity index (χ2v) is 15.0. The molecule has 0 fully saturated rings. The van der Waals surface area contributed by atoms with Crippen molar-refractivity contribution in [1.29, 1.82) is 0 Å². The molecule has 4 aromatic rings. The van der Waals surface area contributed by atoms with Crippen LogP contribution in [0, 0.1) is 6.07 Å². The summed E-state index contributed by atoms with van der Waals surface area (Å²) >= 11 is 0. The van der Waals surface area contributed by atoms with Gasteiger partial charge in [0.25, 0.3) is 0 Å². The van der Waals surface area contributed by atoms with Crippen molar-refractivity contribution in [2.75, 3.05) is 21.1 Å². The molecule has 0 amide bonds. The highest BCUT2D eigenvalue weighted by Crippen LogP contribution is 2.48. The molecular weight excluding hydrogens is 997 g/mol. The van der Waals surface area contributed by atoms with Crippen LogP contribution in [0.1, 0.15) is 75.9 Å². The van der Waals surface area contributed by atoms with E-state index in [1.54, 1.807) is 6.07 Å². The van der Waals surface area contributed by atoms with E-state index in [4.69, 9.17) is 14.0 Å². The molecule has 0 aliphatic carbocycles. The normalized spacial score (nSPS) is 13.9. The Balaban J connectivity index is 0.000000745. The van der Waals surface area contributed by atoms with Crippen molar-refractivity contribution in [2.24, 2.45) is 0 Å². The van der Waals surface area contributed by atoms with E-state index in [9.17, 15) is 105 Å². The van der Waals surface area contributed by atoms with Gasteiger partial charge in [0.15, 0.2) is 0 Å². The summed E-state index contributed by atoms with van der Waals surface area (Å²) in [6.07, 6.45) is -43.3. The van der Waals surface area contributed by atoms with Crippen LogP contribution in [0.15, 0.2) is 66.7 Å². The lowest BCUT2D eigenvalue weighted by Crippen LogP contribution is -2.42. The number of hydrogen-bond acceptors (Lipinski definition) is 3. The van der Waals surface area contributed by atoms with E-state index in [1.165, 1.54) is 28.1 Å². The highest BCUT2D eigenvalue weighted by molar-refractivity contribution is 6.39. The first-order valence-corrected chi connectivity index (χ1v) is 18.2. The van der Waals surface area contributed by atoms with Crippen LogP contribution >= 0.6 is 0 Å². The zero-order valence-corrected chi connectivity index (χ0v) is 34.2. The molecule has 0 saturated heterocycles. The predicted molar refractivity (Wildman–Crippen MR) is 188 cm³/mol. The van der Waals surface area contributed by atoms with Gasteiger partial charge in [0.2, 0.25) is 0 Å². The molecule has 1 unspecified atom stereocenters. The third-order valence-corrected chi connectivity index (χ3v) is 8.86. The Morgan fingerprint density at radius 2 is 0.735 bits per heavy atom. The maximum atomic E-state index is 14.5. The van der Waals surface area contributed by atoms with Crippen LogP contribution in [0.3, 0.4) is 0 Å². The fraction of sp³-hybridized carbons (Fsp3) is 0.385. The second kappa shape index (κ2) is 19.6. The van der Waals surface area contributed by atoms with Gasteiger partial charge in [-0.2, -0.15) is 124 Å². The van der Waals surface area contributed by atoms with E-state index >= 15 is 0 Å². The highest BCUT2D eigenvalue weighted by atomic mass is 19.4. The summed E-state index contributed by atoms with van der Waals surface area (Å²) in [5, 5.41) is 0. The highest BCUT2D eigenvalue weighted by Gasteiger charge is 2.47. The first kappa shape index (κ1) is 56.9. The summed E-state index contributed by atoms with van der Waals surface area (Å²) in [6, 6.07) is -0.661. The summed E-state index contributed by atoms with van der Waals surface area (Å²) in [4.78, 5) is 0. The van der Waals surface area contributed by atoms with E-state index in [-0.39, 0.29) is 55.3 Å². The Labute approximate surface area is 367 Å². The Morgan fingerprint density at radius 1 is 0.426 bits per heavy atom. The van der Waals surface area contributed by atoms with Gasteiger partial charge >= 0.3 is 56.7 Å². The average molecular weight is 1030 g/mol. The van der Waals surface area contributed by atoms with Crippen LogP contribution in [0.25, 0.3) is 0 Å². The SMILES string of the molecule is CCCC(c1c(OB(Oc2cc(C(F)(F)F)cc(C(F)(F)F)c2)Oc2cc(C(F)(F)F)cc(C(F)(F)F)c2)cc(C(F)(F)F)cc1C(F)(F)F)[N+](C)(C)C.FC(F)(F)c1c[c-]cc(C(F)(F)F)c1. The molecule has 1 atom stereocenters. The van der Waals surface area contributed by atoms with Crippen LogP contribution in [-0.4, -0.2) is 32.9 Å². The van der Waals surface area contributed by atoms with Gasteiger partial charge in [-0.15, -0.1) is 6.07 Å². The molecule has 0 spiro atoms. The molecule has 4 aromatic carbocycles. The molecule has 0 saturated carbocycles. The van der Waals surface area contributed by atoms with Crippen LogP contribution in [-0.2, 0) is 49.4 Å². The number of nitrogens with zero attached hydrogens (tertiary/aromatic N) is 1. The Morgan fingerprint density at radius 3 is 1.01 bits per heavy atom. The van der Waals surface area contributed by atoms with E-state index in [2.05, 4.69) is 0 Å². The van der Waals surface area contributed by atoms with Gasteiger partial charge in [-0.1, -0.05) is 24.5 Å². The molecule has 0 aromatic heterocycles. The number of rotatable bonds is 10. The molecule has 4 nitrogen and oxygen atoms in total. The number of benzene rings is 4. The minimum atomic E-state index is -5.63. The zero-order valence-electron chi connectivity index (χ0n) is 34.2. The molecule has 0 N–H and O–H groups in total. The van der Waals surface area contributed by atoms with Gasteiger partial charge in [0, 0.05) is 6.42 Å². The number of halogens is 24. The van der Waals surface area contributed by atoms with Crippen LogP contribution in [0.4, 0.5) is 105 Å². The van der Waals surface area contributed by atoms with Gasteiger partial charge < -0.3 is 18.4 Å². The summed E-state index contributed by atoms with van der Waals surface area (Å²) in [5.74, 6) is -4.68. The lowest BCUT2D eigenvalue weighted by atomic mass is 9.91. The maximum absolute atomic E-state index is 14.5. The van der Waals surface area contributed by atoms with E-state index in [0.717, 1.165) is 0 Å². The van der Waals surface area contributed by atoms with Crippen molar-refractivity contribution in [1.82, 2.24) is 0 Å². The smallest absolute Gasteiger partial charge is 0.490 e. The summed E-state index contributed by atoms with van der Waals surface area (Å²) in [5.41, 5.74) is -16.3. The van der Waals surface area contributed by atoms with Gasteiger partial charge in [-0.3, -0.25) is 0 Å². The van der Waals surface area contributed by atoms with Crippen molar-refractivity contribution in [3.8, 4) is 17.2 Å². The largest absolute Gasteiger partial charge is 0.864 e. The van der Waals surface area contributed by atoms with Gasteiger partial charge in [0.05, 0.1) is 60.1 Å². The van der Waals surface area contributed by atoms with E-state index < -0.39 is 147 Å². The quantitative estimate of drug-likeness (QED) is 0.0686. The third kappa shape index (κ3) is 15.6. The topological polar surface area (TPSA) is 27.7 Å². The maximum Gasteiger partial charge on any atom is 0.864 e. The van der Waals surface area contributed by atoms with Gasteiger partial charge in [-0.25, -0.2) is 0 Å². The fourth-order valence-corrected chi connectivity index (χ4v) is 5.84. The Hall–Kier alpha value is -5.38. The molecule has 29 heteroatoms. The first-order valence-electron chi connectivity index (χ1n) is 18.2. The number of hydrogen-bond donors (Lipinski definition) is 0. The molecule has 378 valence electrons. The molecule has 0 aliphatic rings. The summed E-state index contributed by atoms with van der Waals surface area (Å²) in [6.45, 7) is 1.45. The standard InChI is InChI=1S/C31H25BF18NO3.C8H3F6/c1-5-6-23(51(2,3)4)25-22(31(48,49)50)13-19(30(45,46)47)14-24(25)54-32(52-20-9-15(26(33,34)35)7-16(10-20)27(36,37)38)53-21-11-17(28(39,40)41)8-18(12-21)29(42,43)44;9-7(10,11)5-2-1-3-6(4-5)8(12,13)14/h7-14,23H,5-6H2,1-4H3;2-4H/q+1;-1. The molecule has 0 heterocycles. The van der Waals surface area contributed by atoms with Crippen LogP contribution in [0.2, 0.25) is 0 Å². The molecule has 0 bridgehead atoms. The van der Waals surface area contributed by atoms with E-state index in [0.29, 0.717) is 12.1 Å². The summed E-state index contributed by atoms with van der Waals surface area (Å²) < 4.78 is 335. The van der Waals surface area contributed by atoms with Crippen molar-refractivity contribution >= 4 is 7.32 Å². The van der Waals surface area contributed by atoms with Gasteiger partial charge in [0.1, 0.15) is 23.3 Å². The molecule has 68 heavy (non-hydrogen) atoms. The Bertz CT molecular complexity index is 2180. The molecular formula is C39H28BF24NO3. The lowest BCUT2D eigenvalue weighted by molar-refractivity contribution is -0.902. The third-order valence-electron chi connectivity index (χ3n) is 8.86. The minimum Gasteiger partial charge on any atom is -0.490 e. The first-order chi connectivity index (χ1) is 30.3. The second-order valence-electron chi connectivity index (χ2n) is 15.0. The van der Waals surface area contributed by atoms with Crippen molar-refractivity contribution in [3.63, 3.8) is 0 Å². The van der Waals surface area contributed by atoms with Crippen molar-refractivity contribution in [3.05, 3.63) is 123 Å². The van der Waals surface area contributed by atoms with Crippen molar-refractivity contribution < 1.29 is 124 Å². The average Bonchev–Trinajstić information content (AvgIpc) is 3.13. The molecule has 0 radical (unpaired) electrons. The molecule has 4 rings (SSSR count). The van der Waals surface area contributed by atoms with E-state index in [1.807, 2.05) is 0 Å². The minimum absolute atomic E-state index is 0.0449. The van der Waals surface area contributed by atoms with Crippen LogP contribution < -0.4 is 14.0 Å². The van der Waals surface area contributed by atoms with Gasteiger partial charge in [-0.05, 0) is 48.5 Å². The lowest BCUT2D eigenvalue weighted by Gasteiger charge is -2.37. The van der Waals surface area contributed by atoms with Crippen LogP contribution in [0.5, 0.6) is 17.2 Å². The molecule has 0 aliphatic heterocycles. The summed E-state index contributed by atoms with van der Waals surface area (Å²) in [7, 11) is 0.594. The number of quaternary nitrogens is 1. The monoisotopic (exact) mass is 1030 g/mol. The fourth-order valence-electron chi connectivity index (χ4n) is 5.84. The zero-order chi connectivity index (χ0) is 52.6. The predicted octanol–water partition coefficient (Wildman–Crippen LogP) is 15.4. The number of alkyl halides is 24. The Kier molecular flexibility index (Phi) is 16.4. The van der Waals surface area contributed by atoms with Crippen molar-refractivity contribution in [2.45, 2.75) is 75.2 Å².